The molecule has 0 saturated carbocycles. The van der Waals surface area contributed by atoms with Crippen molar-refractivity contribution in [3.63, 3.8) is 0 Å². The van der Waals surface area contributed by atoms with Gasteiger partial charge in [0, 0.05) is 26.4 Å². The zero-order chi connectivity index (χ0) is 15.6. The summed E-state index contributed by atoms with van der Waals surface area (Å²) < 4.78 is 0. The van der Waals surface area contributed by atoms with Crippen LogP contribution in [-0.4, -0.2) is 49.9 Å². The molecule has 0 fully saturated rings. The topological polar surface area (TPSA) is 43.9 Å². The van der Waals surface area contributed by atoms with Gasteiger partial charge in [-0.25, -0.2) is 0 Å². The normalized spacial score (nSPS) is 17.9. The van der Waals surface area contributed by atoms with Crippen molar-refractivity contribution < 1.29 is 9.59 Å². The van der Waals surface area contributed by atoms with Crippen LogP contribution in [0.1, 0.15) is 20.3 Å². The van der Waals surface area contributed by atoms with Gasteiger partial charge in [-0.3, -0.25) is 9.59 Å². The quantitative estimate of drug-likeness (QED) is 0.851. The van der Waals surface area contributed by atoms with Crippen molar-refractivity contribution >= 4 is 23.2 Å². The Hall–Kier alpha value is -1.88. The maximum Gasteiger partial charge on any atom is 0.228 e. The lowest BCUT2D eigenvalue weighted by atomic mass is 10.1. The number of carbonyl (C=O) groups is 2. The number of benzene rings is 1. The fraction of sp³-hybridized carbons (Fsp3) is 0.500. The Kier molecular flexibility index (Phi) is 4.63. The number of amides is 2. The highest BCUT2D eigenvalue weighted by Crippen LogP contribution is 2.35. The van der Waals surface area contributed by atoms with E-state index in [1.165, 1.54) is 0 Å². The van der Waals surface area contributed by atoms with Crippen molar-refractivity contribution in [1.82, 2.24) is 4.90 Å². The molecule has 0 N–H and O–H groups in total. The first-order valence-corrected chi connectivity index (χ1v) is 7.25. The summed E-state index contributed by atoms with van der Waals surface area (Å²) in [7, 11) is 3.91. The van der Waals surface area contributed by atoms with E-state index in [0.717, 1.165) is 17.9 Å². The maximum absolute atomic E-state index is 12.5. The van der Waals surface area contributed by atoms with Gasteiger partial charge in [-0.2, -0.15) is 0 Å². The van der Waals surface area contributed by atoms with Crippen molar-refractivity contribution in [2.45, 2.75) is 26.3 Å². The summed E-state index contributed by atoms with van der Waals surface area (Å²) in [6.07, 6.45) is 0.480. The van der Waals surface area contributed by atoms with E-state index in [9.17, 15) is 9.59 Å². The van der Waals surface area contributed by atoms with Crippen LogP contribution in [0.15, 0.2) is 24.3 Å². The largest absolute Gasteiger partial charge is 0.309 e. The zero-order valence-electron chi connectivity index (χ0n) is 13.2. The molecule has 114 valence electrons. The van der Waals surface area contributed by atoms with Gasteiger partial charge in [-0.05, 0) is 33.2 Å². The number of hydrogen-bond donors (Lipinski definition) is 0. The third-order valence-electron chi connectivity index (χ3n) is 3.73. The first-order valence-electron chi connectivity index (χ1n) is 7.25. The van der Waals surface area contributed by atoms with E-state index in [1.807, 2.05) is 55.1 Å². The number of carbonyl (C=O) groups excluding carboxylic acids is 2. The molecule has 0 spiro atoms. The Morgan fingerprint density at radius 1 is 1.24 bits per heavy atom. The van der Waals surface area contributed by atoms with Crippen molar-refractivity contribution in [1.29, 1.82) is 0 Å². The minimum atomic E-state index is -0.0132. The summed E-state index contributed by atoms with van der Waals surface area (Å²) in [5, 5.41) is 0. The molecule has 1 heterocycles. The Bertz CT molecular complexity index is 542. The van der Waals surface area contributed by atoms with Gasteiger partial charge in [0.05, 0.1) is 17.4 Å². The maximum atomic E-state index is 12.5. The third-order valence-corrected chi connectivity index (χ3v) is 3.73. The van der Waals surface area contributed by atoms with Gasteiger partial charge in [0.2, 0.25) is 11.8 Å². The summed E-state index contributed by atoms with van der Waals surface area (Å²) in [6, 6.07) is 7.60. The van der Waals surface area contributed by atoms with Gasteiger partial charge in [0.15, 0.2) is 0 Å². The molecule has 0 aliphatic carbocycles. The summed E-state index contributed by atoms with van der Waals surface area (Å²) in [4.78, 5) is 29.9. The highest BCUT2D eigenvalue weighted by molar-refractivity contribution is 6.03. The van der Waals surface area contributed by atoms with Crippen molar-refractivity contribution in [3.05, 3.63) is 24.3 Å². The van der Waals surface area contributed by atoms with Crippen LogP contribution in [-0.2, 0) is 9.59 Å². The van der Waals surface area contributed by atoms with Crippen molar-refractivity contribution in [2.75, 3.05) is 37.0 Å². The molecule has 1 aromatic rings. The first-order chi connectivity index (χ1) is 9.91. The summed E-state index contributed by atoms with van der Waals surface area (Å²) in [5.41, 5.74) is 1.65. The number of para-hydroxylation sites is 2. The standard InChI is InChI=1S/C16H23N3O2/c1-12-11-18(16(21)9-10-17(3)4)14-7-5-6-8-15(14)19(12)13(2)20/h5-8,12H,9-11H2,1-4H3. The molecule has 0 saturated heterocycles. The smallest absolute Gasteiger partial charge is 0.228 e. The van der Waals surface area contributed by atoms with Crippen LogP contribution in [0.3, 0.4) is 0 Å². The van der Waals surface area contributed by atoms with Crippen LogP contribution in [0.5, 0.6) is 0 Å². The lowest BCUT2D eigenvalue weighted by molar-refractivity contribution is -0.120. The van der Waals surface area contributed by atoms with Crippen LogP contribution in [0.2, 0.25) is 0 Å². The fourth-order valence-electron chi connectivity index (χ4n) is 2.75. The summed E-state index contributed by atoms with van der Waals surface area (Å²) in [6.45, 7) is 4.81. The molecule has 5 nitrogen and oxygen atoms in total. The molecule has 1 aliphatic heterocycles. The van der Waals surface area contributed by atoms with Gasteiger partial charge in [-0.1, -0.05) is 12.1 Å². The molecule has 1 aromatic carbocycles. The van der Waals surface area contributed by atoms with E-state index < -0.39 is 0 Å². The number of rotatable bonds is 3. The van der Waals surface area contributed by atoms with E-state index in [4.69, 9.17) is 0 Å². The number of anilines is 2. The highest BCUT2D eigenvalue weighted by Gasteiger charge is 2.32. The molecule has 5 heteroatoms. The summed E-state index contributed by atoms with van der Waals surface area (Å²) in [5.74, 6) is 0.113. The lowest BCUT2D eigenvalue weighted by Gasteiger charge is -2.40. The van der Waals surface area contributed by atoms with E-state index >= 15 is 0 Å². The van der Waals surface area contributed by atoms with Crippen LogP contribution >= 0.6 is 0 Å². The Balaban J connectivity index is 2.31. The minimum absolute atomic E-state index is 0.00957. The second kappa shape index (κ2) is 6.26. The Morgan fingerprint density at radius 3 is 2.43 bits per heavy atom. The number of fused-ring (bicyclic) bond motifs is 1. The highest BCUT2D eigenvalue weighted by atomic mass is 16.2. The van der Waals surface area contributed by atoms with Gasteiger partial charge in [-0.15, -0.1) is 0 Å². The van der Waals surface area contributed by atoms with Crippen LogP contribution in [0.4, 0.5) is 11.4 Å². The molecule has 1 atom stereocenters. The SMILES string of the molecule is CC(=O)N1c2ccccc2N(C(=O)CCN(C)C)CC1C. The number of hydrogen-bond acceptors (Lipinski definition) is 3. The Morgan fingerprint density at radius 2 is 1.86 bits per heavy atom. The lowest BCUT2D eigenvalue weighted by Crippen LogP contribution is -2.51. The molecule has 0 aromatic heterocycles. The third kappa shape index (κ3) is 3.24. The van der Waals surface area contributed by atoms with E-state index in [0.29, 0.717) is 13.0 Å². The predicted molar refractivity (Wildman–Crippen MR) is 84.6 cm³/mol. The molecule has 0 radical (unpaired) electrons. The molecule has 21 heavy (non-hydrogen) atoms. The van der Waals surface area contributed by atoms with Crippen LogP contribution < -0.4 is 9.80 Å². The van der Waals surface area contributed by atoms with Gasteiger partial charge in [0.1, 0.15) is 0 Å². The molecular weight excluding hydrogens is 266 g/mol. The Labute approximate surface area is 126 Å². The molecule has 1 unspecified atom stereocenters. The van der Waals surface area contributed by atoms with Crippen molar-refractivity contribution in [2.24, 2.45) is 0 Å². The molecule has 2 rings (SSSR count). The zero-order valence-corrected chi connectivity index (χ0v) is 13.2. The van der Waals surface area contributed by atoms with E-state index in [-0.39, 0.29) is 17.9 Å². The molecular formula is C16H23N3O2. The van der Waals surface area contributed by atoms with E-state index in [2.05, 4.69) is 0 Å². The predicted octanol–water partition coefficient (Wildman–Crippen LogP) is 1.73. The first kappa shape index (κ1) is 15.5. The monoisotopic (exact) mass is 289 g/mol. The second-order valence-electron chi connectivity index (χ2n) is 5.78. The molecule has 0 bridgehead atoms. The second-order valence-corrected chi connectivity index (χ2v) is 5.78. The van der Waals surface area contributed by atoms with Gasteiger partial charge < -0.3 is 14.7 Å². The van der Waals surface area contributed by atoms with E-state index in [1.54, 1.807) is 11.8 Å². The van der Waals surface area contributed by atoms with Crippen LogP contribution in [0, 0.1) is 0 Å². The fourth-order valence-corrected chi connectivity index (χ4v) is 2.75. The minimum Gasteiger partial charge on any atom is -0.309 e. The molecule has 1 aliphatic rings. The summed E-state index contributed by atoms with van der Waals surface area (Å²) >= 11 is 0. The average molecular weight is 289 g/mol. The van der Waals surface area contributed by atoms with Crippen molar-refractivity contribution in [3.8, 4) is 0 Å². The van der Waals surface area contributed by atoms with Gasteiger partial charge >= 0.3 is 0 Å². The number of nitrogens with zero attached hydrogens (tertiary/aromatic N) is 3. The average Bonchev–Trinajstić information content (AvgIpc) is 2.43. The van der Waals surface area contributed by atoms with Crippen LogP contribution in [0.25, 0.3) is 0 Å². The molecule has 2 amide bonds. The van der Waals surface area contributed by atoms with Gasteiger partial charge in [0.25, 0.3) is 0 Å².